The molecule has 1 aliphatic rings. The quantitative estimate of drug-likeness (QED) is 0.728. The van der Waals surface area contributed by atoms with Crippen molar-refractivity contribution < 1.29 is 34.1 Å². The lowest BCUT2D eigenvalue weighted by Gasteiger charge is -2.23. The first-order chi connectivity index (χ1) is 12.8. The second kappa shape index (κ2) is 6.60. The second-order valence-electron chi connectivity index (χ2n) is 5.83. The number of ether oxygens (including phenoxy) is 2. The van der Waals surface area contributed by atoms with Gasteiger partial charge in [-0.1, -0.05) is 12.2 Å². The molecule has 0 aliphatic heterocycles. The Morgan fingerprint density at radius 2 is 1.67 bits per heavy atom. The predicted molar refractivity (Wildman–Crippen MR) is 96.2 cm³/mol. The Morgan fingerprint density at radius 3 is 2.22 bits per heavy atom. The highest BCUT2D eigenvalue weighted by atomic mass is 16.5. The molecule has 7 nitrogen and oxygen atoms in total. The van der Waals surface area contributed by atoms with Crippen LogP contribution in [0.2, 0.25) is 0 Å². The van der Waals surface area contributed by atoms with E-state index in [1.807, 2.05) is 0 Å². The van der Waals surface area contributed by atoms with Crippen LogP contribution >= 0.6 is 0 Å². The fourth-order valence-electron chi connectivity index (χ4n) is 3.23. The fourth-order valence-corrected chi connectivity index (χ4v) is 3.23. The van der Waals surface area contributed by atoms with Crippen molar-refractivity contribution in [1.82, 2.24) is 0 Å². The smallest absolute Gasteiger partial charge is 0.340 e. The van der Waals surface area contributed by atoms with Crippen molar-refractivity contribution >= 4 is 23.6 Å². The van der Waals surface area contributed by atoms with Crippen LogP contribution in [0.25, 0.3) is 6.08 Å². The fraction of sp³-hybridized carbons (Fsp3) is 0.150. The number of phenolic OH excluding ortho intramolecular Hbond substituents is 1. The SMILES string of the molecule is C/C=C/c1cc2c(c(OC)c1C(=O)O)C(=O)c1c(O)cc(OC)cc1C2=O. The Bertz CT molecular complexity index is 1030. The summed E-state index contributed by atoms with van der Waals surface area (Å²) in [7, 11) is 2.60. The van der Waals surface area contributed by atoms with E-state index in [0.717, 1.165) is 0 Å². The van der Waals surface area contributed by atoms with Gasteiger partial charge in [-0.25, -0.2) is 4.79 Å². The Morgan fingerprint density at radius 1 is 1.00 bits per heavy atom. The number of hydrogen-bond acceptors (Lipinski definition) is 6. The topological polar surface area (TPSA) is 110 Å². The summed E-state index contributed by atoms with van der Waals surface area (Å²) in [4.78, 5) is 37.9. The van der Waals surface area contributed by atoms with Gasteiger partial charge in [0.1, 0.15) is 22.8 Å². The molecule has 0 spiro atoms. The number of ketones is 2. The first-order valence-electron chi connectivity index (χ1n) is 7.97. The second-order valence-corrected chi connectivity index (χ2v) is 5.83. The number of hydrogen-bond donors (Lipinski definition) is 2. The summed E-state index contributed by atoms with van der Waals surface area (Å²) in [5, 5.41) is 19.8. The average molecular weight is 368 g/mol. The highest BCUT2D eigenvalue weighted by Gasteiger charge is 2.38. The van der Waals surface area contributed by atoms with Gasteiger partial charge in [0.2, 0.25) is 5.78 Å². The molecular formula is C20H16O7. The van der Waals surface area contributed by atoms with E-state index in [1.165, 1.54) is 38.5 Å². The summed E-state index contributed by atoms with van der Waals surface area (Å²) in [6.45, 7) is 1.70. The average Bonchev–Trinajstić information content (AvgIpc) is 2.64. The van der Waals surface area contributed by atoms with Crippen LogP contribution in [0, 0.1) is 0 Å². The molecule has 0 aromatic heterocycles. The van der Waals surface area contributed by atoms with Crippen LogP contribution in [-0.2, 0) is 0 Å². The number of aromatic carboxylic acids is 1. The van der Waals surface area contributed by atoms with Crippen molar-refractivity contribution in [2.75, 3.05) is 14.2 Å². The minimum Gasteiger partial charge on any atom is -0.507 e. The van der Waals surface area contributed by atoms with E-state index in [4.69, 9.17) is 9.47 Å². The Kier molecular flexibility index (Phi) is 4.45. The van der Waals surface area contributed by atoms with E-state index in [9.17, 15) is 24.6 Å². The van der Waals surface area contributed by atoms with E-state index in [0.29, 0.717) is 0 Å². The first-order valence-corrected chi connectivity index (χ1v) is 7.97. The summed E-state index contributed by atoms with van der Waals surface area (Å²) in [5.41, 5.74) is -0.386. The molecule has 3 rings (SSSR count). The lowest BCUT2D eigenvalue weighted by atomic mass is 9.80. The molecule has 2 aromatic carbocycles. The van der Waals surface area contributed by atoms with Gasteiger partial charge in [0.15, 0.2) is 5.78 Å². The molecule has 0 saturated carbocycles. The Hall–Kier alpha value is -3.61. The van der Waals surface area contributed by atoms with Crippen LogP contribution in [0.15, 0.2) is 24.3 Å². The summed E-state index contributed by atoms with van der Waals surface area (Å²) < 4.78 is 10.3. The van der Waals surface area contributed by atoms with Crippen LogP contribution in [0.5, 0.6) is 17.2 Å². The third-order valence-corrected chi connectivity index (χ3v) is 4.35. The Labute approximate surface area is 154 Å². The molecule has 7 heteroatoms. The van der Waals surface area contributed by atoms with Crippen molar-refractivity contribution in [1.29, 1.82) is 0 Å². The number of carboxylic acid groups (broad SMARTS) is 1. The number of carbonyl (C=O) groups excluding carboxylic acids is 2. The largest absolute Gasteiger partial charge is 0.507 e. The number of rotatable bonds is 4. The number of carbonyl (C=O) groups is 3. The van der Waals surface area contributed by atoms with Gasteiger partial charge in [0.25, 0.3) is 0 Å². The highest BCUT2D eigenvalue weighted by molar-refractivity contribution is 6.31. The summed E-state index contributed by atoms with van der Waals surface area (Å²) in [6, 6.07) is 3.93. The maximum Gasteiger partial charge on any atom is 0.340 e. The van der Waals surface area contributed by atoms with E-state index in [2.05, 4.69) is 0 Å². The number of carboxylic acids is 1. The molecule has 2 aromatic rings. The minimum absolute atomic E-state index is 0.00935. The lowest BCUT2D eigenvalue weighted by Crippen LogP contribution is -2.24. The van der Waals surface area contributed by atoms with Crippen molar-refractivity contribution in [2.45, 2.75) is 6.92 Å². The van der Waals surface area contributed by atoms with Gasteiger partial charge < -0.3 is 19.7 Å². The Balaban J connectivity index is 2.42. The molecular weight excluding hydrogens is 352 g/mol. The van der Waals surface area contributed by atoms with Gasteiger partial charge in [0, 0.05) is 17.2 Å². The first kappa shape index (κ1) is 18.2. The standard InChI is InChI=1S/C20H16O7/c1-4-5-9-6-11-16(19(27-3)14(9)20(24)25)18(23)15-12(17(11)22)7-10(26-2)8-13(15)21/h4-8,21H,1-3H3,(H,24,25)/b5-4+. The molecule has 0 amide bonds. The molecule has 0 heterocycles. The predicted octanol–water partition coefficient (Wildman–Crippen LogP) is 2.92. The lowest BCUT2D eigenvalue weighted by molar-refractivity contribution is 0.0692. The van der Waals surface area contributed by atoms with Crippen molar-refractivity contribution in [3.63, 3.8) is 0 Å². The van der Waals surface area contributed by atoms with Crippen molar-refractivity contribution in [3.05, 3.63) is 57.7 Å². The van der Waals surface area contributed by atoms with Crippen LogP contribution in [0.1, 0.15) is 54.7 Å². The normalized spacial score (nSPS) is 12.7. The van der Waals surface area contributed by atoms with E-state index >= 15 is 0 Å². The molecule has 0 saturated heterocycles. The molecule has 0 radical (unpaired) electrons. The molecule has 138 valence electrons. The molecule has 0 fully saturated rings. The minimum atomic E-state index is -1.30. The molecule has 27 heavy (non-hydrogen) atoms. The van der Waals surface area contributed by atoms with E-state index < -0.39 is 23.3 Å². The van der Waals surface area contributed by atoms with Gasteiger partial charge in [-0.15, -0.1) is 0 Å². The number of aromatic hydroxyl groups is 1. The summed E-state index contributed by atoms with van der Waals surface area (Å²) in [5.74, 6) is -2.94. The number of phenols is 1. The van der Waals surface area contributed by atoms with Gasteiger partial charge in [-0.2, -0.15) is 0 Å². The maximum atomic E-state index is 13.1. The van der Waals surface area contributed by atoms with Crippen molar-refractivity contribution in [3.8, 4) is 17.2 Å². The maximum absolute atomic E-state index is 13.1. The molecule has 1 aliphatic carbocycles. The monoisotopic (exact) mass is 368 g/mol. The zero-order valence-electron chi connectivity index (χ0n) is 14.8. The molecule has 2 N–H and O–H groups in total. The van der Waals surface area contributed by atoms with Gasteiger partial charge in [-0.3, -0.25) is 9.59 Å². The van der Waals surface area contributed by atoms with E-state index in [-0.39, 0.29) is 44.9 Å². The number of fused-ring (bicyclic) bond motifs is 2. The summed E-state index contributed by atoms with van der Waals surface area (Å²) >= 11 is 0. The third kappa shape index (κ3) is 2.64. The molecule has 0 atom stereocenters. The van der Waals surface area contributed by atoms with E-state index in [1.54, 1.807) is 13.0 Å². The van der Waals surface area contributed by atoms with Crippen LogP contribution in [0.3, 0.4) is 0 Å². The number of benzene rings is 2. The van der Waals surface area contributed by atoms with Crippen LogP contribution in [-0.4, -0.2) is 42.0 Å². The summed E-state index contributed by atoms with van der Waals surface area (Å²) in [6.07, 6.45) is 3.13. The highest BCUT2D eigenvalue weighted by Crippen LogP contribution is 2.41. The zero-order valence-corrected chi connectivity index (χ0v) is 14.8. The number of methoxy groups -OCH3 is 2. The van der Waals surface area contributed by atoms with Crippen LogP contribution < -0.4 is 9.47 Å². The van der Waals surface area contributed by atoms with Crippen molar-refractivity contribution in [2.24, 2.45) is 0 Å². The van der Waals surface area contributed by atoms with Gasteiger partial charge >= 0.3 is 5.97 Å². The number of allylic oxidation sites excluding steroid dienone is 1. The van der Waals surface area contributed by atoms with Gasteiger partial charge in [-0.05, 0) is 24.6 Å². The molecule has 0 unspecified atom stereocenters. The zero-order chi connectivity index (χ0) is 19.9. The van der Waals surface area contributed by atoms with Gasteiger partial charge in [0.05, 0.1) is 25.3 Å². The molecule has 0 bridgehead atoms. The van der Waals surface area contributed by atoms with Crippen LogP contribution in [0.4, 0.5) is 0 Å². The third-order valence-electron chi connectivity index (χ3n) is 4.35.